The van der Waals surface area contributed by atoms with Gasteiger partial charge in [0.2, 0.25) is 15.9 Å². The average Bonchev–Trinajstić information content (AvgIpc) is 3.05. The van der Waals surface area contributed by atoms with Crippen molar-refractivity contribution in [1.82, 2.24) is 14.5 Å². The summed E-state index contributed by atoms with van der Waals surface area (Å²) in [7, 11) is -3.58. The molecule has 1 fully saturated rings. The van der Waals surface area contributed by atoms with E-state index in [4.69, 9.17) is 0 Å². The van der Waals surface area contributed by atoms with Gasteiger partial charge in [-0.25, -0.2) is 8.42 Å². The van der Waals surface area contributed by atoms with Crippen molar-refractivity contribution in [2.75, 3.05) is 32.7 Å². The molecule has 1 N–H and O–H groups in total. The Bertz CT molecular complexity index is 1060. The molecule has 32 heavy (non-hydrogen) atoms. The number of aryl methyl sites for hydroxylation is 2. The molecule has 1 aliphatic rings. The Balaban J connectivity index is 1.51. The van der Waals surface area contributed by atoms with Crippen molar-refractivity contribution in [2.45, 2.75) is 31.7 Å². The van der Waals surface area contributed by atoms with Gasteiger partial charge in [0.15, 0.2) is 0 Å². The Kier molecular flexibility index (Phi) is 7.48. The Morgan fingerprint density at radius 2 is 1.81 bits per heavy atom. The van der Waals surface area contributed by atoms with Crippen molar-refractivity contribution in [1.29, 1.82) is 0 Å². The average molecular weight is 492 g/mol. The van der Waals surface area contributed by atoms with Gasteiger partial charge < -0.3 is 10.1 Å². The van der Waals surface area contributed by atoms with Crippen molar-refractivity contribution in [3.05, 3.63) is 45.6 Å². The smallest absolute Gasteiger partial charge is 0.405 e. The van der Waals surface area contributed by atoms with Gasteiger partial charge >= 0.3 is 6.36 Å². The maximum Gasteiger partial charge on any atom is 0.573 e. The van der Waals surface area contributed by atoms with Gasteiger partial charge in [0.05, 0.1) is 11.4 Å². The van der Waals surface area contributed by atoms with Gasteiger partial charge in [-0.1, -0.05) is 18.2 Å². The molecule has 7 nitrogen and oxygen atoms in total. The second kappa shape index (κ2) is 9.77. The lowest BCUT2D eigenvalue weighted by Gasteiger charge is -2.33. The molecule has 1 aliphatic heterocycles. The highest BCUT2D eigenvalue weighted by molar-refractivity contribution is 7.89. The number of carbonyl (C=O) groups excluding carboxylic acids is 1. The molecule has 2 heterocycles. The molecular formula is C20H24F3N3O4S2. The molecule has 0 aliphatic carbocycles. The number of amides is 1. The van der Waals surface area contributed by atoms with Gasteiger partial charge in [-0.3, -0.25) is 9.69 Å². The number of nitrogens with one attached hydrogen (secondary N) is 1. The van der Waals surface area contributed by atoms with Crippen molar-refractivity contribution < 1.29 is 31.1 Å². The number of ether oxygens (including phenoxy) is 1. The minimum atomic E-state index is -4.82. The number of hydrogen-bond acceptors (Lipinski definition) is 6. The fraction of sp³-hybridized carbons (Fsp3) is 0.450. The van der Waals surface area contributed by atoms with Crippen LogP contribution in [0.2, 0.25) is 0 Å². The SMILES string of the molecule is Cc1cc(S(=O)(=O)N2CCN(CC(=O)NCc3ccccc3OC(F)(F)F)CC2)c(C)s1. The van der Waals surface area contributed by atoms with Crippen molar-refractivity contribution in [2.24, 2.45) is 0 Å². The molecule has 12 heteroatoms. The third-order valence-electron chi connectivity index (χ3n) is 4.99. The minimum absolute atomic E-state index is 0.0206. The van der Waals surface area contributed by atoms with Crippen LogP contribution in [0.25, 0.3) is 0 Å². The van der Waals surface area contributed by atoms with Gasteiger partial charge in [-0.15, -0.1) is 24.5 Å². The maximum absolute atomic E-state index is 12.9. The summed E-state index contributed by atoms with van der Waals surface area (Å²) in [6.45, 7) is 4.82. The Hall–Kier alpha value is -2.15. The third kappa shape index (κ3) is 6.21. The van der Waals surface area contributed by atoms with Crippen LogP contribution in [0.5, 0.6) is 5.75 Å². The van der Waals surface area contributed by atoms with Gasteiger partial charge in [0.25, 0.3) is 0 Å². The first-order valence-corrected chi connectivity index (χ1v) is 12.1. The summed E-state index contributed by atoms with van der Waals surface area (Å²) < 4.78 is 68.7. The molecule has 1 amide bonds. The van der Waals surface area contributed by atoms with Crippen LogP contribution in [0.4, 0.5) is 13.2 Å². The van der Waals surface area contributed by atoms with Crippen molar-refractivity contribution in [3.63, 3.8) is 0 Å². The van der Waals surface area contributed by atoms with Crippen LogP contribution in [-0.4, -0.2) is 62.6 Å². The highest BCUT2D eigenvalue weighted by atomic mass is 32.2. The zero-order valence-corrected chi connectivity index (χ0v) is 19.2. The molecule has 3 rings (SSSR count). The van der Waals surface area contributed by atoms with E-state index in [0.29, 0.717) is 18.0 Å². The first kappa shape index (κ1) is 24.5. The number of thiophene rings is 1. The molecule has 176 valence electrons. The number of rotatable bonds is 7. The molecule has 1 saturated heterocycles. The number of carbonyl (C=O) groups is 1. The lowest BCUT2D eigenvalue weighted by molar-refractivity contribution is -0.274. The van der Waals surface area contributed by atoms with Crippen LogP contribution >= 0.6 is 11.3 Å². The van der Waals surface area contributed by atoms with Crippen LogP contribution in [0, 0.1) is 13.8 Å². The summed E-state index contributed by atoms with van der Waals surface area (Å²) in [6, 6.07) is 7.28. The fourth-order valence-electron chi connectivity index (χ4n) is 3.46. The highest BCUT2D eigenvalue weighted by Gasteiger charge is 2.32. The lowest BCUT2D eigenvalue weighted by Crippen LogP contribution is -2.51. The number of nitrogens with zero attached hydrogens (tertiary/aromatic N) is 2. The van der Waals surface area contributed by atoms with Gasteiger partial charge in [0.1, 0.15) is 5.75 Å². The van der Waals surface area contributed by atoms with E-state index >= 15 is 0 Å². The van der Waals surface area contributed by atoms with Crippen molar-refractivity contribution in [3.8, 4) is 5.75 Å². The molecule has 0 atom stereocenters. The summed E-state index contributed by atoms with van der Waals surface area (Å²) in [5, 5.41) is 2.59. The van der Waals surface area contributed by atoms with E-state index in [1.54, 1.807) is 19.1 Å². The zero-order chi connectivity index (χ0) is 23.5. The molecule has 2 aromatic rings. The van der Waals surface area contributed by atoms with Crippen LogP contribution in [0.1, 0.15) is 15.3 Å². The number of piperazine rings is 1. The predicted octanol–water partition coefficient (Wildman–Crippen LogP) is 2.89. The third-order valence-corrected chi connectivity index (χ3v) is 8.11. The number of halogens is 3. The van der Waals surface area contributed by atoms with Gasteiger partial charge in [-0.05, 0) is 26.0 Å². The van der Waals surface area contributed by atoms with E-state index in [-0.39, 0.29) is 43.4 Å². The second-order valence-corrected chi connectivity index (χ2v) is 10.8. The number of sulfonamides is 1. The lowest BCUT2D eigenvalue weighted by atomic mass is 10.2. The van der Waals surface area contributed by atoms with E-state index in [2.05, 4.69) is 10.1 Å². The Morgan fingerprint density at radius 1 is 1.16 bits per heavy atom. The molecule has 1 aromatic carbocycles. The number of hydrogen-bond donors (Lipinski definition) is 1. The number of benzene rings is 1. The van der Waals surface area contributed by atoms with E-state index in [0.717, 1.165) is 9.75 Å². The van der Waals surface area contributed by atoms with E-state index in [9.17, 15) is 26.4 Å². The van der Waals surface area contributed by atoms with E-state index in [1.165, 1.54) is 33.8 Å². The van der Waals surface area contributed by atoms with Crippen LogP contribution in [0.3, 0.4) is 0 Å². The first-order valence-electron chi connectivity index (χ1n) is 9.85. The topological polar surface area (TPSA) is 79.0 Å². The standard InChI is InChI=1S/C20H24F3N3O4S2/c1-14-11-18(15(2)31-14)32(28,29)26-9-7-25(8-10-26)13-19(27)24-12-16-5-3-4-6-17(16)30-20(21,22)23/h3-6,11H,7-10,12-13H2,1-2H3,(H,24,27). The Labute approximate surface area is 188 Å². The quantitative estimate of drug-likeness (QED) is 0.645. The summed E-state index contributed by atoms with van der Waals surface area (Å²) in [5.41, 5.74) is 0.204. The van der Waals surface area contributed by atoms with E-state index < -0.39 is 16.4 Å². The van der Waals surface area contributed by atoms with E-state index in [1.807, 2.05) is 11.8 Å². The van der Waals surface area contributed by atoms with Crippen LogP contribution in [0.15, 0.2) is 35.2 Å². The summed E-state index contributed by atoms with van der Waals surface area (Å²) in [5.74, 6) is -0.731. The largest absolute Gasteiger partial charge is 0.573 e. The molecule has 1 aromatic heterocycles. The zero-order valence-electron chi connectivity index (χ0n) is 17.6. The van der Waals surface area contributed by atoms with Crippen LogP contribution < -0.4 is 10.1 Å². The molecular weight excluding hydrogens is 467 g/mol. The number of para-hydroxylation sites is 1. The van der Waals surface area contributed by atoms with Crippen molar-refractivity contribution >= 4 is 27.3 Å². The summed E-state index contributed by atoms with van der Waals surface area (Å²) >= 11 is 1.44. The predicted molar refractivity (Wildman–Crippen MR) is 114 cm³/mol. The second-order valence-electron chi connectivity index (χ2n) is 7.39. The van der Waals surface area contributed by atoms with Gasteiger partial charge in [-0.2, -0.15) is 4.31 Å². The Morgan fingerprint density at radius 3 is 2.41 bits per heavy atom. The molecule has 0 saturated carbocycles. The highest BCUT2D eigenvalue weighted by Crippen LogP contribution is 2.28. The minimum Gasteiger partial charge on any atom is -0.405 e. The molecule has 0 spiro atoms. The summed E-state index contributed by atoms with van der Waals surface area (Å²) in [4.78, 5) is 16.1. The monoisotopic (exact) mass is 491 g/mol. The summed E-state index contributed by atoms with van der Waals surface area (Å²) in [6.07, 6.45) is -4.82. The molecule has 0 bridgehead atoms. The normalized spacial score (nSPS) is 16.2. The van der Waals surface area contributed by atoms with Gasteiger partial charge in [0, 0.05) is 48.0 Å². The molecule has 0 radical (unpaired) electrons. The van der Waals surface area contributed by atoms with Crippen LogP contribution in [-0.2, 0) is 21.4 Å². The number of alkyl halides is 3. The molecule has 0 unspecified atom stereocenters. The fourth-order valence-corrected chi connectivity index (χ4v) is 6.40. The first-order chi connectivity index (χ1) is 15.0. The maximum atomic E-state index is 12.9.